The van der Waals surface area contributed by atoms with Crippen molar-refractivity contribution in [2.24, 2.45) is 0 Å². The zero-order valence-corrected chi connectivity index (χ0v) is 18.4. The van der Waals surface area contributed by atoms with E-state index in [1.807, 2.05) is 24.8 Å². The molecular weight excluding hydrogens is 402 g/mol. The number of pyridine rings is 1. The molecular formula is C25H23N5S. The molecule has 5 heterocycles. The van der Waals surface area contributed by atoms with E-state index in [4.69, 9.17) is 0 Å². The summed E-state index contributed by atoms with van der Waals surface area (Å²) in [6.45, 7) is 6.10. The van der Waals surface area contributed by atoms with Crippen molar-refractivity contribution in [3.05, 3.63) is 76.8 Å². The largest absolute Gasteiger partial charge is 0.361 e. The minimum atomic E-state index is 0.900. The predicted octanol–water partition coefficient (Wildman–Crippen LogP) is 5.86. The number of nitrogens with zero attached hydrogens (tertiary/aromatic N) is 3. The molecule has 0 spiro atoms. The summed E-state index contributed by atoms with van der Waals surface area (Å²) in [6, 6.07) is 11.2. The molecule has 1 aromatic carbocycles. The zero-order chi connectivity index (χ0) is 20.9. The molecule has 2 N–H and O–H groups in total. The fourth-order valence-corrected chi connectivity index (χ4v) is 5.38. The number of anilines is 1. The van der Waals surface area contributed by atoms with Gasteiger partial charge in [-0.25, -0.2) is 9.97 Å². The first-order chi connectivity index (χ1) is 15.2. The first-order valence-electron chi connectivity index (χ1n) is 10.6. The normalized spacial score (nSPS) is 13.7. The molecule has 6 rings (SSSR count). The quantitative estimate of drug-likeness (QED) is 0.380. The van der Waals surface area contributed by atoms with Gasteiger partial charge in [-0.1, -0.05) is 0 Å². The van der Waals surface area contributed by atoms with Gasteiger partial charge in [0.2, 0.25) is 0 Å². The van der Waals surface area contributed by atoms with E-state index >= 15 is 0 Å². The van der Waals surface area contributed by atoms with Gasteiger partial charge in [-0.3, -0.25) is 0 Å². The SMILES string of the molecule is Cc1ncc(N2CCc3c(cc(-c4cnc5[nH]cc(C)c5c4)cc3-c3ccc[nH]3)C2)s1. The molecule has 0 fully saturated rings. The molecule has 1 aliphatic rings. The summed E-state index contributed by atoms with van der Waals surface area (Å²) < 4.78 is 0. The Balaban J connectivity index is 1.49. The summed E-state index contributed by atoms with van der Waals surface area (Å²) in [5.41, 5.74) is 9.81. The lowest BCUT2D eigenvalue weighted by Gasteiger charge is -2.31. The van der Waals surface area contributed by atoms with Gasteiger partial charge in [0.05, 0.1) is 11.2 Å². The maximum absolute atomic E-state index is 4.67. The molecule has 1 aliphatic heterocycles. The Labute approximate surface area is 184 Å². The van der Waals surface area contributed by atoms with Crippen LogP contribution in [0.4, 0.5) is 5.00 Å². The van der Waals surface area contributed by atoms with Gasteiger partial charge < -0.3 is 14.9 Å². The van der Waals surface area contributed by atoms with Gasteiger partial charge in [-0.15, -0.1) is 11.3 Å². The van der Waals surface area contributed by atoms with E-state index in [1.54, 1.807) is 11.3 Å². The van der Waals surface area contributed by atoms with Crippen molar-refractivity contribution in [3.63, 3.8) is 0 Å². The highest BCUT2D eigenvalue weighted by molar-refractivity contribution is 7.15. The molecule has 4 aromatic heterocycles. The van der Waals surface area contributed by atoms with Crippen molar-refractivity contribution in [2.45, 2.75) is 26.8 Å². The average Bonchev–Trinajstić information content (AvgIpc) is 3.54. The molecule has 0 aliphatic carbocycles. The third-order valence-electron chi connectivity index (χ3n) is 6.22. The second-order valence-corrected chi connectivity index (χ2v) is 9.44. The van der Waals surface area contributed by atoms with Crippen molar-refractivity contribution in [2.75, 3.05) is 11.4 Å². The lowest BCUT2D eigenvalue weighted by atomic mass is 9.89. The van der Waals surface area contributed by atoms with E-state index in [0.717, 1.165) is 35.7 Å². The Kier molecular flexibility index (Phi) is 4.21. The number of aryl methyl sites for hydroxylation is 2. The van der Waals surface area contributed by atoms with Gasteiger partial charge in [0.25, 0.3) is 0 Å². The van der Waals surface area contributed by atoms with Gasteiger partial charge in [-0.05, 0) is 72.9 Å². The second kappa shape index (κ2) is 7.10. The highest BCUT2D eigenvalue weighted by atomic mass is 32.1. The van der Waals surface area contributed by atoms with Crippen LogP contribution < -0.4 is 4.90 Å². The van der Waals surface area contributed by atoms with E-state index in [1.165, 1.54) is 43.9 Å². The summed E-state index contributed by atoms with van der Waals surface area (Å²) in [7, 11) is 0. The smallest absolute Gasteiger partial charge is 0.137 e. The number of aromatic nitrogens is 4. The van der Waals surface area contributed by atoms with E-state index in [2.05, 4.69) is 69.0 Å². The number of fused-ring (bicyclic) bond motifs is 2. The van der Waals surface area contributed by atoms with Gasteiger partial charge in [0, 0.05) is 53.9 Å². The van der Waals surface area contributed by atoms with Crippen molar-refractivity contribution in [1.29, 1.82) is 0 Å². The van der Waals surface area contributed by atoms with Crippen LogP contribution in [0.15, 0.2) is 55.1 Å². The number of rotatable bonds is 3. The standard InChI is InChI=1S/C25H23N5S/c1-15-11-28-25-21(15)10-18(12-29-25)17-8-19-14-30(24-13-27-16(2)31-24)7-5-20(19)22(9-17)23-4-3-6-26-23/h3-4,6,8-13,26H,5,7,14H2,1-2H3,(H,28,29). The maximum atomic E-state index is 4.67. The molecule has 31 heavy (non-hydrogen) atoms. The Morgan fingerprint density at radius 2 is 1.97 bits per heavy atom. The predicted molar refractivity (Wildman–Crippen MR) is 128 cm³/mol. The van der Waals surface area contributed by atoms with Crippen LogP contribution in [0.3, 0.4) is 0 Å². The number of aromatic amines is 2. The van der Waals surface area contributed by atoms with Gasteiger partial charge in [0.15, 0.2) is 0 Å². The summed E-state index contributed by atoms with van der Waals surface area (Å²) >= 11 is 1.77. The number of hydrogen-bond acceptors (Lipinski definition) is 4. The summed E-state index contributed by atoms with van der Waals surface area (Å²) in [5.74, 6) is 0. The lowest BCUT2D eigenvalue weighted by Crippen LogP contribution is -2.30. The third-order valence-corrected chi connectivity index (χ3v) is 7.19. The van der Waals surface area contributed by atoms with Crippen LogP contribution in [0.2, 0.25) is 0 Å². The van der Waals surface area contributed by atoms with Crippen LogP contribution in [0.1, 0.15) is 21.7 Å². The fourth-order valence-electron chi connectivity index (χ4n) is 4.58. The number of benzene rings is 1. The van der Waals surface area contributed by atoms with Crippen LogP contribution in [0.25, 0.3) is 33.4 Å². The second-order valence-electron chi connectivity index (χ2n) is 8.23. The summed E-state index contributed by atoms with van der Waals surface area (Å²) in [6.07, 6.45) is 9.03. The molecule has 0 unspecified atom stereocenters. The molecule has 0 atom stereocenters. The summed E-state index contributed by atoms with van der Waals surface area (Å²) in [5, 5.41) is 3.54. The fraction of sp³-hybridized carbons (Fsp3) is 0.200. The Bertz CT molecular complexity index is 1390. The lowest BCUT2D eigenvalue weighted by molar-refractivity contribution is 0.738. The third kappa shape index (κ3) is 3.15. The average molecular weight is 426 g/mol. The van der Waals surface area contributed by atoms with Gasteiger partial charge in [-0.2, -0.15) is 0 Å². The number of nitrogens with one attached hydrogen (secondary N) is 2. The molecule has 6 heteroatoms. The number of thiazole rings is 1. The number of H-pyrrole nitrogens is 2. The Hall–Kier alpha value is -3.38. The Morgan fingerprint density at radius 1 is 1.03 bits per heavy atom. The first-order valence-corrected chi connectivity index (χ1v) is 11.4. The Morgan fingerprint density at radius 3 is 2.77 bits per heavy atom. The molecule has 0 bridgehead atoms. The highest BCUT2D eigenvalue weighted by Gasteiger charge is 2.23. The number of hydrogen-bond donors (Lipinski definition) is 2. The molecule has 154 valence electrons. The molecule has 5 nitrogen and oxygen atoms in total. The maximum Gasteiger partial charge on any atom is 0.137 e. The van der Waals surface area contributed by atoms with Crippen molar-refractivity contribution in [3.8, 4) is 22.4 Å². The van der Waals surface area contributed by atoms with Crippen molar-refractivity contribution < 1.29 is 0 Å². The van der Waals surface area contributed by atoms with Crippen molar-refractivity contribution in [1.82, 2.24) is 19.9 Å². The minimum Gasteiger partial charge on any atom is -0.361 e. The molecule has 0 radical (unpaired) electrons. The van der Waals surface area contributed by atoms with Crippen LogP contribution in [-0.4, -0.2) is 26.5 Å². The van der Waals surface area contributed by atoms with Crippen LogP contribution in [0, 0.1) is 13.8 Å². The molecule has 0 saturated carbocycles. The summed E-state index contributed by atoms with van der Waals surface area (Å²) in [4.78, 5) is 18.3. The first kappa shape index (κ1) is 18.4. The van der Waals surface area contributed by atoms with Crippen LogP contribution in [-0.2, 0) is 13.0 Å². The molecule has 0 amide bonds. The van der Waals surface area contributed by atoms with Crippen LogP contribution >= 0.6 is 11.3 Å². The van der Waals surface area contributed by atoms with E-state index in [-0.39, 0.29) is 0 Å². The van der Waals surface area contributed by atoms with E-state index in [0.29, 0.717) is 0 Å². The zero-order valence-electron chi connectivity index (χ0n) is 17.6. The molecule has 0 saturated heterocycles. The van der Waals surface area contributed by atoms with Crippen molar-refractivity contribution >= 4 is 27.4 Å². The topological polar surface area (TPSA) is 60.6 Å². The van der Waals surface area contributed by atoms with Gasteiger partial charge in [0.1, 0.15) is 10.6 Å². The monoisotopic (exact) mass is 425 g/mol. The van der Waals surface area contributed by atoms with Gasteiger partial charge >= 0.3 is 0 Å². The molecule has 5 aromatic rings. The highest BCUT2D eigenvalue weighted by Crippen LogP contribution is 2.37. The van der Waals surface area contributed by atoms with Crippen LogP contribution in [0.5, 0.6) is 0 Å². The minimum absolute atomic E-state index is 0.900. The van der Waals surface area contributed by atoms with E-state index < -0.39 is 0 Å². The van der Waals surface area contributed by atoms with E-state index in [9.17, 15) is 0 Å².